The summed E-state index contributed by atoms with van der Waals surface area (Å²) in [6, 6.07) is 15.4. The van der Waals surface area contributed by atoms with Crippen molar-refractivity contribution in [3.05, 3.63) is 59.5 Å². The van der Waals surface area contributed by atoms with Crippen LogP contribution in [0, 0.1) is 6.92 Å². The van der Waals surface area contributed by atoms with Gasteiger partial charge in [-0.3, -0.25) is 9.59 Å². The van der Waals surface area contributed by atoms with E-state index in [-0.39, 0.29) is 29.7 Å². The van der Waals surface area contributed by atoms with Crippen molar-refractivity contribution in [2.75, 3.05) is 17.2 Å². The van der Waals surface area contributed by atoms with Crippen LogP contribution in [0.2, 0.25) is 0 Å². The Bertz CT molecular complexity index is 1170. The van der Waals surface area contributed by atoms with Gasteiger partial charge in [0.15, 0.2) is 5.13 Å². The van der Waals surface area contributed by atoms with Crippen molar-refractivity contribution in [3.8, 4) is 11.3 Å². The summed E-state index contributed by atoms with van der Waals surface area (Å²) in [5, 5.41) is 5.76. The molecule has 0 aliphatic rings. The van der Waals surface area contributed by atoms with E-state index in [4.69, 9.17) is 0 Å². The van der Waals surface area contributed by atoms with Crippen molar-refractivity contribution in [1.82, 2.24) is 9.71 Å². The van der Waals surface area contributed by atoms with E-state index in [0.717, 1.165) is 16.1 Å². The number of carbonyl (C=O) groups is 2. The minimum Gasteiger partial charge on any atom is -0.326 e. The van der Waals surface area contributed by atoms with Gasteiger partial charge in [0.05, 0.1) is 10.6 Å². The molecule has 3 aromatic rings. The fourth-order valence-corrected chi connectivity index (χ4v) is 4.68. The van der Waals surface area contributed by atoms with Crippen molar-refractivity contribution in [3.63, 3.8) is 0 Å². The van der Waals surface area contributed by atoms with Crippen LogP contribution in [0.15, 0.2) is 59.5 Å². The van der Waals surface area contributed by atoms with Crippen molar-refractivity contribution in [2.24, 2.45) is 0 Å². The lowest BCUT2D eigenvalue weighted by molar-refractivity contribution is -0.116. The summed E-state index contributed by atoms with van der Waals surface area (Å²) < 4.78 is 27.1. The summed E-state index contributed by atoms with van der Waals surface area (Å²) in [6.07, 6.45) is -0.0392. The molecule has 0 aliphatic carbocycles. The molecular formula is C21H22N4O4S2. The van der Waals surface area contributed by atoms with Crippen LogP contribution >= 0.6 is 11.3 Å². The van der Waals surface area contributed by atoms with Crippen LogP contribution in [0.25, 0.3) is 11.3 Å². The van der Waals surface area contributed by atoms with Gasteiger partial charge in [0.2, 0.25) is 21.8 Å². The highest BCUT2D eigenvalue weighted by molar-refractivity contribution is 7.89. The number of carbonyl (C=O) groups excluding carboxylic acids is 2. The van der Waals surface area contributed by atoms with E-state index in [9.17, 15) is 18.0 Å². The van der Waals surface area contributed by atoms with Crippen LogP contribution in [-0.4, -0.2) is 31.8 Å². The highest BCUT2D eigenvalue weighted by atomic mass is 32.2. The van der Waals surface area contributed by atoms with Crippen molar-refractivity contribution in [2.45, 2.75) is 25.2 Å². The normalized spacial score (nSPS) is 11.2. The van der Waals surface area contributed by atoms with Gasteiger partial charge in [-0.25, -0.2) is 18.1 Å². The number of nitrogens with one attached hydrogen (secondary N) is 3. The molecule has 8 nitrogen and oxygen atoms in total. The summed E-state index contributed by atoms with van der Waals surface area (Å²) in [5.74, 6) is -0.580. The minimum absolute atomic E-state index is 0.0392. The molecule has 0 saturated heterocycles. The molecule has 0 fully saturated rings. The zero-order valence-electron chi connectivity index (χ0n) is 17.0. The summed E-state index contributed by atoms with van der Waals surface area (Å²) in [7, 11) is -3.77. The van der Waals surface area contributed by atoms with Crippen molar-refractivity contribution in [1.29, 1.82) is 0 Å². The topological polar surface area (TPSA) is 117 Å². The first-order valence-corrected chi connectivity index (χ1v) is 11.7. The van der Waals surface area contributed by atoms with E-state index in [1.165, 1.54) is 42.5 Å². The Balaban J connectivity index is 1.53. The zero-order chi connectivity index (χ0) is 22.4. The van der Waals surface area contributed by atoms with Gasteiger partial charge in [-0.1, -0.05) is 30.3 Å². The molecule has 2 amide bonds. The standard InChI is InChI=1S/C21H22N4O4S2/c1-14-20(16-6-4-3-5-7-16)25-21(30-14)24-19(27)12-13-22-31(28,29)18-10-8-17(9-11-18)23-15(2)26/h3-11,22H,12-13H2,1-2H3,(H,23,26)(H,24,25,27). The number of rotatable bonds is 8. The van der Waals surface area contributed by atoms with Crippen LogP contribution in [0.5, 0.6) is 0 Å². The number of thiazole rings is 1. The molecule has 0 atom stereocenters. The van der Waals surface area contributed by atoms with E-state index in [1.807, 2.05) is 37.3 Å². The van der Waals surface area contributed by atoms with Gasteiger partial charge in [0.25, 0.3) is 0 Å². The molecule has 3 rings (SSSR count). The third-order valence-corrected chi connectivity index (χ3v) is 6.58. The number of sulfonamides is 1. The Labute approximate surface area is 184 Å². The van der Waals surface area contributed by atoms with Crippen LogP contribution in [0.3, 0.4) is 0 Å². The largest absolute Gasteiger partial charge is 0.326 e. The van der Waals surface area contributed by atoms with Crippen molar-refractivity contribution >= 4 is 44.0 Å². The maximum Gasteiger partial charge on any atom is 0.240 e. The fourth-order valence-electron chi connectivity index (χ4n) is 2.80. The molecular weight excluding hydrogens is 436 g/mol. The lowest BCUT2D eigenvalue weighted by Gasteiger charge is -2.08. The monoisotopic (exact) mass is 458 g/mol. The fraction of sp³-hybridized carbons (Fsp3) is 0.190. The molecule has 31 heavy (non-hydrogen) atoms. The summed E-state index contributed by atoms with van der Waals surface area (Å²) >= 11 is 1.37. The van der Waals surface area contributed by atoms with Crippen LogP contribution in [-0.2, 0) is 19.6 Å². The molecule has 0 aliphatic heterocycles. The smallest absolute Gasteiger partial charge is 0.240 e. The Morgan fingerprint density at radius 3 is 2.32 bits per heavy atom. The van der Waals surface area contributed by atoms with Gasteiger partial charge < -0.3 is 10.6 Å². The summed E-state index contributed by atoms with van der Waals surface area (Å²) in [4.78, 5) is 28.8. The SMILES string of the molecule is CC(=O)Nc1ccc(S(=O)(=O)NCCC(=O)Nc2nc(-c3ccccc3)c(C)s2)cc1. The lowest BCUT2D eigenvalue weighted by atomic mass is 10.1. The van der Waals surface area contributed by atoms with E-state index < -0.39 is 10.0 Å². The zero-order valence-corrected chi connectivity index (χ0v) is 18.6. The second-order valence-electron chi connectivity index (χ2n) is 6.69. The van der Waals surface area contributed by atoms with Gasteiger partial charge in [-0.2, -0.15) is 0 Å². The number of hydrogen-bond acceptors (Lipinski definition) is 6. The quantitative estimate of drug-likeness (QED) is 0.478. The molecule has 3 N–H and O–H groups in total. The third kappa shape index (κ3) is 6.20. The van der Waals surface area contributed by atoms with E-state index in [2.05, 4.69) is 20.3 Å². The molecule has 10 heteroatoms. The predicted octanol–water partition coefficient (Wildman–Crippen LogP) is 3.38. The van der Waals surface area contributed by atoms with Crippen LogP contribution < -0.4 is 15.4 Å². The van der Waals surface area contributed by atoms with Gasteiger partial charge in [-0.15, -0.1) is 11.3 Å². The highest BCUT2D eigenvalue weighted by Gasteiger charge is 2.16. The van der Waals surface area contributed by atoms with Crippen LogP contribution in [0.4, 0.5) is 10.8 Å². The maximum atomic E-state index is 12.4. The average molecular weight is 459 g/mol. The average Bonchev–Trinajstić information content (AvgIpc) is 3.08. The Kier molecular flexibility index (Phi) is 7.16. The van der Waals surface area contributed by atoms with Gasteiger partial charge in [-0.05, 0) is 31.2 Å². The molecule has 0 bridgehead atoms. The number of hydrogen-bond donors (Lipinski definition) is 3. The Morgan fingerprint density at radius 2 is 1.68 bits per heavy atom. The van der Waals surface area contributed by atoms with E-state index >= 15 is 0 Å². The first kappa shape index (κ1) is 22.6. The minimum atomic E-state index is -3.77. The maximum absolute atomic E-state index is 12.4. The summed E-state index contributed by atoms with van der Waals surface area (Å²) in [5.41, 5.74) is 2.28. The second kappa shape index (κ2) is 9.82. The first-order valence-electron chi connectivity index (χ1n) is 9.44. The molecule has 0 spiro atoms. The first-order chi connectivity index (χ1) is 14.7. The molecule has 1 heterocycles. The molecule has 0 unspecified atom stereocenters. The number of aromatic nitrogens is 1. The Morgan fingerprint density at radius 1 is 1.00 bits per heavy atom. The molecule has 0 saturated carbocycles. The molecule has 2 aromatic carbocycles. The molecule has 162 valence electrons. The number of anilines is 2. The van der Waals surface area contributed by atoms with Gasteiger partial charge in [0, 0.05) is 36.0 Å². The number of benzene rings is 2. The summed E-state index contributed by atoms with van der Waals surface area (Å²) in [6.45, 7) is 3.24. The van der Waals surface area contributed by atoms with Gasteiger partial charge in [0.1, 0.15) is 0 Å². The third-order valence-electron chi connectivity index (χ3n) is 4.22. The Hall–Kier alpha value is -3.08. The van der Waals surface area contributed by atoms with Crippen molar-refractivity contribution < 1.29 is 18.0 Å². The second-order valence-corrected chi connectivity index (χ2v) is 9.66. The highest BCUT2D eigenvalue weighted by Crippen LogP contribution is 2.30. The number of amides is 2. The van der Waals surface area contributed by atoms with E-state index in [1.54, 1.807) is 0 Å². The van der Waals surface area contributed by atoms with E-state index in [0.29, 0.717) is 10.8 Å². The predicted molar refractivity (Wildman–Crippen MR) is 121 cm³/mol. The van der Waals surface area contributed by atoms with Gasteiger partial charge >= 0.3 is 0 Å². The lowest BCUT2D eigenvalue weighted by Crippen LogP contribution is -2.27. The number of nitrogens with zero attached hydrogens (tertiary/aromatic N) is 1. The molecule has 1 aromatic heterocycles. The number of aryl methyl sites for hydroxylation is 1. The molecule has 0 radical (unpaired) electrons. The van der Waals surface area contributed by atoms with Crippen LogP contribution in [0.1, 0.15) is 18.2 Å².